The Morgan fingerprint density at radius 1 is 1.59 bits per heavy atom. The molecule has 1 aliphatic heterocycles. The summed E-state index contributed by atoms with van der Waals surface area (Å²) in [6.45, 7) is 0.743. The Kier molecular flexibility index (Phi) is 3.17. The molecule has 1 atom stereocenters. The van der Waals surface area contributed by atoms with Gasteiger partial charge in [-0.05, 0) is 12.8 Å². The van der Waals surface area contributed by atoms with Crippen molar-refractivity contribution in [3.05, 3.63) is 12.5 Å². The number of hydrogen-bond donors (Lipinski definition) is 0. The molecule has 1 saturated heterocycles. The number of hydrogen-bond acceptors (Lipinski definition) is 4. The first-order valence-electron chi connectivity index (χ1n) is 5.42. The number of sulfonamides is 1. The third kappa shape index (κ3) is 2.33. The Bertz CT molecular complexity index is 543. The molecule has 2 rings (SSSR count). The van der Waals surface area contributed by atoms with Gasteiger partial charge in [0.1, 0.15) is 0 Å². The summed E-state index contributed by atoms with van der Waals surface area (Å²) in [7, 11) is -1.81. The first kappa shape index (κ1) is 12.1. The number of aromatic nitrogens is 2. The van der Waals surface area contributed by atoms with Crippen molar-refractivity contribution in [1.29, 1.82) is 5.26 Å². The lowest BCUT2D eigenvalue weighted by atomic mass is 10.0. The Morgan fingerprint density at radius 3 is 2.94 bits per heavy atom. The zero-order valence-corrected chi connectivity index (χ0v) is 10.4. The summed E-state index contributed by atoms with van der Waals surface area (Å²) in [4.78, 5) is 3.86. The molecular weight excluding hydrogens is 240 g/mol. The summed E-state index contributed by atoms with van der Waals surface area (Å²) in [5, 5.41) is 8.91. The standard InChI is InChI=1S/C10H14N4O2S/c1-13-7-10(12-8-13)17(15,16)14-4-2-3-9(5-11)6-14/h7-9H,2-4,6H2,1H3. The van der Waals surface area contributed by atoms with Crippen LogP contribution in [0.25, 0.3) is 0 Å². The maximum atomic E-state index is 12.2. The van der Waals surface area contributed by atoms with Gasteiger partial charge >= 0.3 is 0 Å². The van der Waals surface area contributed by atoms with Gasteiger partial charge in [0, 0.05) is 26.3 Å². The van der Waals surface area contributed by atoms with Crippen molar-refractivity contribution in [3.8, 4) is 6.07 Å². The average Bonchev–Trinajstić information content (AvgIpc) is 2.76. The molecule has 0 N–H and O–H groups in total. The molecule has 1 aromatic rings. The SMILES string of the molecule is Cn1cnc(S(=O)(=O)N2CCCC(C#N)C2)c1. The molecule has 0 spiro atoms. The van der Waals surface area contributed by atoms with Crippen molar-refractivity contribution in [3.63, 3.8) is 0 Å². The number of nitriles is 1. The molecule has 0 aromatic carbocycles. The summed E-state index contributed by atoms with van der Waals surface area (Å²) in [6.07, 6.45) is 4.43. The van der Waals surface area contributed by atoms with E-state index in [1.54, 1.807) is 11.6 Å². The fraction of sp³-hybridized carbons (Fsp3) is 0.600. The highest BCUT2D eigenvalue weighted by molar-refractivity contribution is 7.89. The number of nitrogens with zero attached hydrogens (tertiary/aromatic N) is 4. The highest BCUT2D eigenvalue weighted by atomic mass is 32.2. The molecule has 1 aliphatic rings. The summed E-state index contributed by atoms with van der Waals surface area (Å²) < 4.78 is 27.4. The minimum absolute atomic E-state index is 0.0542. The molecule has 7 heteroatoms. The highest BCUT2D eigenvalue weighted by Crippen LogP contribution is 2.22. The van der Waals surface area contributed by atoms with E-state index in [4.69, 9.17) is 5.26 Å². The number of rotatable bonds is 2. The van der Waals surface area contributed by atoms with Crippen LogP contribution in [0, 0.1) is 17.2 Å². The van der Waals surface area contributed by atoms with Crippen LogP contribution >= 0.6 is 0 Å². The van der Waals surface area contributed by atoms with Crippen molar-refractivity contribution in [1.82, 2.24) is 13.9 Å². The zero-order chi connectivity index (χ0) is 12.5. The van der Waals surface area contributed by atoms with E-state index < -0.39 is 10.0 Å². The molecule has 0 radical (unpaired) electrons. The Balaban J connectivity index is 2.24. The first-order chi connectivity index (χ1) is 8.04. The Labute approximate surface area is 101 Å². The largest absolute Gasteiger partial charge is 0.339 e. The van der Waals surface area contributed by atoms with Crippen molar-refractivity contribution in [2.45, 2.75) is 17.9 Å². The summed E-state index contributed by atoms with van der Waals surface area (Å²) in [5.74, 6) is -0.206. The van der Waals surface area contributed by atoms with E-state index in [2.05, 4.69) is 11.1 Å². The van der Waals surface area contributed by atoms with Crippen LogP contribution < -0.4 is 0 Å². The van der Waals surface area contributed by atoms with Gasteiger partial charge in [0.25, 0.3) is 10.0 Å². The molecule has 0 amide bonds. The van der Waals surface area contributed by atoms with E-state index in [1.165, 1.54) is 16.8 Å². The third-order valence-electron chi connectivity index (χ3n) is 2.85. The fourth-order valence-electron chi connectivity index (χ4n) is 1.92. The maximum Gasteiger partial charge on any atom is 0.262 e. The van der Waals surface area contributed by atoms with Crippen LogP contribution in [0.2, 0.25) is 0 Å². The van der Waals surface area contributed by atoms with Crippen LogP contribution in [-0.4, -0.2) is 35.4 Å². The number of imidazole rings is 1. The van der Waals surface area contributed by atoms with Crippen LogP contribution in [0.5, 0.6) is 0 Å². The smallest absolute Gasteiger partial charge is 0.262 e. The second-order valence-electron chi connectivity index (χ2n) is 4.21. The van der Waals surface area contributed by atoms with E-state index in [0.29, 0.717) is 6.54 Å². The Morgan fingerprint density at radius 2 is 2.35 bits per heavy atom. The van der Waals surface area contributed by atoms with Gasteiger partial charge in [-0.3, -0.25) is 0 Å². The van der Waals surface area contributed by atoms with E-state index >= 15 is 0 Å². The summed E-state index contributed by atoms with van der Waals surface area (Å²) in [5.41, 5.74) is 0. The summed E-state index contributed by atoms with van der Waals surface area (Å²) >= 11 is 0. The van der Waals surface area contributed by atoms with Gasteiger partial charge < -0.3 is 4.57 Å². The quantitative estimate of drug-likeness (QED) is 0.762. The van der Waals surface area contributed by atoms with Crippen LogP contribution in [0.3, 0.4) is 0 Å². The van der Waals surface area contributed by atoms with Crippen molar-refractivity contribution < 1.29 is 8.42 Å². The van der Waals surface area contributed by atoms with Crippen LogP contribution in [0.4, 0.5) is 0 Å². The van der Waals surface area contributed by atoms with E-state index in [-0.39, 0.29) is 17.5 Å². The van der Waals surface area contributed by atoms with Gasteiger partial charge in [-0.15, -0.1) is 0 Å². The van der Waals surface area contributed by atoms with E-state index in [0.717, 1.165) is 12.8 Å². The van der Waals surface area contributed by atoms with Crippen LogP contribution in [-0.2, 0) is 17.1 Å². The van der Waals surface area contributed by atoms with Crippen LogP contribution in [0.15, 0.2) is 17.6 Å². The molecule has 6 nitrogen and oxygen atoms in total. The average molecular weight is 254 g/mol. The van der Waals surface area contributed by atoms with Gasteiger partial charge in [-0.25, -0.2) is 13.4 Å². The van der Waals surface area contributed by atoms with Gasteiger partial charge in [0.2, 0.25) is 0 Å². The molecule has 1 aromatic heterocycles. The van der Waals surface area contributed by atoms with E-state index in [1.807, 2.05) is 0 Å². The minimum Gasteiger partial charge on any atom is -0.339 e. The minimum atomic E-state index is -3.53. The lowest BCUT2D eigenvalue weighted by Crippen LogP contribution is -2.39. The predicted octanol–water partition coefficient (Wildman–Crippen LogP) is 0.344. The molecular formula is C10H14N4O2S. The fourth-order valence-corrected chi connectivity index (χ4v) is 3.41. The van der Waals surface area contributed by atoms with Crippen molar-refractivity contribution in [2.24, 2.45) is 13.0 Å². The second kappa shape index (κ2) is 4.47. The van der Waals surface area contributed by atoms with Gasteiger partial charge in [-0.1, -0.05) is 0 Å². The first-order valence-corrected chi connectivity index (χ1v) is 6.86. The highest BCUT2D eigenvalue weighted by Gasteiger charge is 2.31. The lowest BCUT2D eigenvalue weighted by molar-refractivity contribution is 0.304. The Hall–Kier alpha value is -1.39. The number of piperidine rings is 1. The van der Waals surface area contributed by atoms with Crippen LogP contribution in [0.1, 0.15) is 12.8 Å². The topological polar surface area (TPSA) is 79.0 Å². The second-order valence-corrected chi connectivity index (χ2v) is 6.09. The normalized spacial score (nSPS) is 22.2. The summed E-state index contributed by atoms with van der Waals surface area (Å²) in [6, 6.07) is 2.13. The predicted molar refractivity (Wildman–Crippen MR) is 60.3 cm³/mol. The van der Waals surface area contributed by atoms with Crippen molar-refractivity contribution in [2.75, 3.05) is 13.1 Å². The number of aryl methyl sites for hydroxylation is 1. The monoisotopic (exact) mass is 254 g/mol. The molecule has 1 fully saturated rings. The third-order valence-corrected chi connectivity index (χ3v) is 4.60. The molecule has 92 valence electrons. The molecule has 0 bridgehead atoms. The molecule has 2 heterocycles. The molecule has 0 saturated carbocycles. The zero-order valence-electron chi connectivity index (χ0n) is 9.57. The van der Waals surface area contributed by atoms with E-state index in [9.17, 15) is 8.42 Å². The molecule has 0 aliphatic carbocycles. The molecule has 1 unspecified atom stereocenters. The lowest BCUT2D eigenvalue weighted by Gasteiger charge is -2.27. The van der Waals surface area contributed by atoms with Gasteiger partial charge in [0.05, 0.1) is 18.3 Å². The molecule has 17 heavy (non-hydrogen) atoms. The van der Waals surface area contributed by atoms with Crippen molar-refractivity contribution >= 4 is 10.0 Å². The van der Waals surface area contributed by atoms with Gasteiger partial charge in [0.15, 0.2) is 5.03 Å². The maximum absolute atomic E-state index is 12.2. The van der Waals surface area contributed by atoms with Gasteiger partial charge in [-0.2, -0.15) is 9.57 Å².